The molecule has 0 aromatic carbocycles. The fourth-order valence-electron chi connectivity index (χ4n) is 1.33. The van der Waals surface area contributed by atoms with Crippen molar-refractivity contribution in [3.05, 3.63) is 22.2 Å². The third-order valence-corrected chi connectivity index (χ3v) is 2.28. The molecule has 0 atom stereocenters. The summed E-state index contributed by atoms with van der Waals surface area (Å²) in [6.45, 7) is 6.74. The number of hydrogen-bond donors (Lipinski definition) is 1. The van der Waals surface area contributed by atoms with Gasteiger partial charge in [0.15, 0.2) is 0 Å². The van der Waals surface area contributed by atoms with E-state index in [0.717, 1.165) is 19.3 Å². The van der Waals surface area contributed by atoms with Gasteiger partial charge >= 0.3 is 0 Å². The van der Waals surface area contributed by atoms with E-state index in [2.05, 4.69) is 16.9 Å². The van der Waals surface area contributed by atoms with Gasteiger partial charge in [-0.3, -0.25) is 4.79 Å². The fourth-order valence-corrected chi connectivity index (χ4v) is 1.33. The summed E-state index contributed by atoms with van der Waals surface area (Å²) >= 11 is 0. The Morgan fingerprint density at radius 2 is 2.19 bits per heavy atom. The third kappa shape index (κ3) is 4.04. The van der Waals surface area contributed by atoms with Crippen molar-refractivity contribution in [3.63, 3.8) is 0 Å². The highest BCUT2D eigenvalue weighted by Gasteiger charge is 2.05. The molecule has 1 heterocycles. The molecule has 0 spiro atoms. The number of hydrogen-bond acceptors (Lipinski definition) is 3. The van der Waals surface area contributed by atoms with Crippen LogP contribution < -0.4 is 10.3 Å². The SMILES string of the molecule is CCCCCOc1cc(=O)[nH]c(C(C)C)n1. The quantitative estimate of drug-likeness (QED) is 0.755. The molecule has 0 bridgehead atoms. The molecule has 1 aromatic heterocycles. The lowest BCUT2D eigenvalue weighted by atomic mass is 10.2. The molecule has 0 aliphatic rings. The molecule has 90 valence electrons. The Morgan fingerprint density at radius 1 is 1.44 bits per heavy atom. The van der Waals surface area contributed by atoms with Gasteiger partial charge < -0.3 is 9.72 Å². The van der Waals surface area contributed by atoms with E-state index >= 15 is 0 Å². The van der Waals surface area contributed by atoms with Crippen LogP contribution in [-0.4, -0.2) is 16.6 Å². The number of rotatable bonds is 6. The van der Waals surface area contributed by atoms with E-state index in [9.17, 15) is 4.79 Å². The van der Waals surface area contributed by atoms with Crippen molar-refractivity contribution in [1.82, 2.24) is 9.97 Å². The highest BCUT2D eigenvalue weighted by atomic mass is 16.5. The first-order chi connectivity index (χ1) is 7.63. The minimum Gasteiger partial charge on any atom is -0.477 e. The van der Waals surface area contributed by atoms with Crippen LogP contribution in [0.4, 0.5) is 0 Å². The number of ether oxygens (including phenoxy) is 1. The zero-order chi connectivity index (χ0) is 12.0. The van der Waals surface area contributed by atoms with Crippen LogP contribution in [0.15, 0.2) is 10.9 Å². The Hall–Kier alpha value is -1.32. The van der Waals surface area contributed by atoms with Crippen LogP contribution in [0.1, 0.15) is 51.8 Å². The largest absolute Gasteiger partial charge is 0.477 e. The van der Waals surface area contributed by atoms with Crippen molar-refractivity contribution in [2.45, 2.75) is 46.0 Å². The lowest BCUT2D eigenvalue weighted by Gasteiger charge is -2.08. The number of aromatic amines is 1. The van der Waals surface area contributed by atoms with Crippen LogP contribution in [0.3, 0.4) is 0 Å². The molecule has 4 nitrogen and oxygen atoms in total. The number of unbranched alkanes of at least 4 members (excludes halogenated alkanes) is 2. The second-order valence-electron chi connectivity index (χ2n) is 4.18. The van der Waals surface area contributed by atoms with Gasteiger partial charge in [-0.2, -0.15) is 4.98 Å². The first-order valence-corrected chi connectivity index (χ1v) is 5.87. The van der Waals surface area contributed by atoms with Gasteiger partial charge in [-0.1, -0.05) is 33.6 Å². The highest BCUT2D eigenvalue weighted by molar-refractivity contribution is 5.10. The summed E-state index contributed by atoms with van der Waals surface area (Å²) in [4.78, 5) is 18.3. The average molecular weight is 224 g/mol. The Labute approximate surface area is 96.1 Å². The Bertz CT molecular complexity index is 372. The maximum atomic E-state index is 11.3. The normalized spacial score (nSPS) is 10.8. The Morgan fingerprint density at radius 3 is 2.81 bits per heavy atom. The van der Waals surface area contributed by atoms with Crippen LogP contribution in [0.2, 0.25) is 0 Å². The molecule has 1 N–H and O–H groups in total. The molecule has 0 fully saturated rings. The van der Waals surface area contributed by atoms with E-state index in [1.807, 2.05) is 13.8 Å². The van der Waals surface area contributed by atoms with Crippen molar-refractivity contribution in [2.75, 3.05) is 6.61 Å². The van der Waals surface area contributed by atoms with Crippen molar-refractivity contribution in [3.8, 4) is 5.88 Å². The molecule has 0 saturated heterocycles. The van der Waals surface area contributed by atoms with Gasteiger partial charge in [0.25, 0.3) is 5.56 Å². The molecular formula is C12H20N2O2. The second-order valence-corrected chi connectivity index (χ2v) is 4.18. The Balaban J connectivity index is 2.62. The van der Waals surface area contributed by atoms with Crippen LogP contribution >= 0.6 is 0 Å². The molecule has 0 amide bonds. The highest BCUT2D eigenvalue weighted by Crippen LogP contribution is 2.10. The fraction of sp³-hybridized carbons (Fsp3) is 0.667. The summed E-state index contributed by atoms with van der Waals surface area (Å²) in [6, 6.07) is 1.40. The molecule has 0 radical (unpaired) electrons. The lowest BCUT2D eigenvalue weighted by Crippen LogP contribution is -2.13. The smallest absolute Gasteiger partial charge is 0.254 e. The average Bonchev–Trinajstić information content (AvgIpc) is 2.23. The van der Waals surface area contributed by atoms with Crippen molar-refractivity contribution in [1.29, 1.82) is 0 Å². The standard InChI is InChI=1S/C12H20N2O2/c1-4-5-6-7-16-11-8-10(15)13-12(14-11)9(2)3/h8-9H,4-7H2,1-3H3,(H,13,14,15). The molecular weight excluding hydrogens is 204 g/mol. The van der Waals surface area contributed by atoms with Crippen molar-refractivity contribution >= 4 is 0 Å². The summed E-state index contributed by atoms with van der Waals surface area (Å²) in [7, 11) is 0. The van der Waals surface area contributed by atoms with E-state index in [0.29, 0.717) is 18.3 Å². The lowest BCUT2D eigenvalue weighted by molar-refractivity contribution is 0.292. The van der Waals surface area contributed by atoms with Gasteiger partial charge in [-0.15, -0.1) is 0 Å². The zero-order valence-electron chi connectivity index (χ0n) is 10.2. The monoisotopic (exact) mass is 224 g/mol. The minimum absolute atomic E-state index is 0.149. The van der Waals surface area contributed by atoms with Crippen LogP contribution in [-0.2, 0) is 0 Å². The molecule has 0 aliphatic carbocycles. The number of nitrogens with one attached hydrogen (secondary N) is 1. The zero-order valence-corrected chi connectivity index (χ0v) is 10.2. The van der Waals surface area contributed by atoms with Gasteiger partial charge in [0.1, 0.15) is 5.82 Å². The van der Waals surface area contributed by atoms with E-state index in [-0.39, 0.29) is 11.5 Å². The summed E-state index contributed by atoms with van der Waals surface area (Å²) in [6.07, 6.45) is 3.30. The van der Waals surface area contributed by atoms with Gasteiger partial charge in [0.05, 0.1) is 12.7 Å². The molecule has 0 saturated carbocycles. The van der Waals surface area contributed by atoms with Gasteiger partial charge in [-0.25, -0.2) is 0 Å². The van der Waals surface area contributed by atoms with Gasteiger partial charge in [-0.05, 0) is 6.42 Å². The number of H-pyrrole nitrogens is 1. The molecule has 16 heavy (non-hydrogen) atoms. The van der Waals surface area contributed by atoms with Crippen molar-refractivity contribution < 1.29 is 4.74 Å². The first kappa shape index (κ1) is 12.7. The van der Waals surface area contributed by atoms with E-state index in [1.165, 1.54) is 6.07 Å². The van der Waals surface area contributed by atoms with Gasteiger partial charge in [0, 0.05) is 5.92 Å². The topological polar surface area (TPSA) is 55.0 Å². The molecule has 4 heteroatoms. The van der Waals surface area contributed by atoms with E-state index < -0.39 is 0 Å². The second kappa shape index (κ2) is 6.30. The maximum Gasteiger partial charge on any atom is 0.254 e. The van der Waals surface area contributed by atoms with Crippen LogP contribution in [0, 0.1) is 0 Å². The summed E-state index contributed by atoms with van der Waals surface area (Å²) in [5.74, 6) is 1.31. The van der Waals surface area contributed by atoms with Crippen LogP contribution in [0.25, 0.3) is 0 Å². The van der Waals surface area contributed by atoms with Crippen LogP contribution in [0.5, 0.6) is 5.88 Å². The summed E-state index contributed by atoms with van der Waals surface area (Å²) < 4.78 is 5.45. The predicted molar refractivity (Wildman–Crippen MR) is 64.0 cm³/mol. The maximum absolute atomic E-state index is 11.3. The predicted octanol–water partition coefficient (Wildman–Crippen LogP) is 2.46. The van der Waals surface area contributed by atoms with Gasteiger partial charge in [0.2, 0.25) is 5.88 Å². The molecule has 1 rings (SSSR count). The van der Waals surface area contributed by atoms with Crippen molar-refractivity contribution in [2.24, 2.45) is 0 Å². The number of nitrogens with zero attached hydrogens (tertiary/aromatic N) is 1. The number of aromatic nitrogens is 2. The molecule has 1 aromatic rings. The minimum atomic E-state index is -0.149. The van der Waals surface area contributed by atoms with E-state index in [4.69, 9.17) is 4.74 Å². The third-order valence-electron chi connectivity index (χ3n) is 2.28. The Kier molecular flexibility index (Phi) is 5.02. The molecule has 0 aliphatic heterocycles. The summed E-state index contributed by atoms with van der Waals surface area (Å²) in [5.41, 5.74) is -0.149. The molecule has 0 unspecified atom stereocenters. The summed E-state index contributed by atoms with van der Waals surface area (Å²) in [5, 5.41) is 0. The first-order valence-electron chi connectivity index (χ1n) is 5.87. The van der Waals surface area contributed by atoms with E-state index in [1.54, 1.807) is 0 Å².